The Morgan fingerprint density at radius 2 is 2.06 bits per heavy atom. The smallest absolute Gasteiger partial charge is 0.344 e. The van der Waals surface area contributed by atoms with Crippen LogP contribution >= 0.6 is 11.6 Å². The van der Waals surface area contributed by atoms with Crippen LogP contribution in [-0.2, 0) is 14.3 Å². The first kappa shape index (κ1) is 14.3. The molecule has 1 rings (SSSR count). The van der Waals surface area contributed by atoms with Crippen LogP contribution in [0.1, 0.15) is 12.5 Å². The second kappa shape index (κ2) is 7.50. The molecule has 0 saturated carbocycles. The molecule has 1 unspecified atom stereocenters. The lowest BCUT2D eigenvalue weighted by molar-refractivity contribution is -0.144. The second-order valence-electron chi connectivity index (χ2n) is 3.37. The summed E-state index contributed by atoms with van der Waals surface area (Å²) in [6.07, 6.45) is 2.94. The molecule has 0 fully saturated rings. The van der Waals surface area contributed by atoms with E-state index in [0.717, 1.165) is 5.56 Å². The summed E-state index contributed by atoms with van der Waals surface area (Å²) in [6.45, 7) is 1.89. The molecule has 0 aliphatic heterocycles. The SMILES string of the molecule is CCOC(=O)C(Cl)NC(=O)/C=C/c1ccccc1. The van der Waals surface area contributed by atoms with Gasteiger partial charge in [-0.2, -0.15) is 0 Å². The first-order chi connectivity index (χ1) is 8.63. The molecule has 5 heteroatoms. The molecular weight excluding hydrogens is 254 g/mol. The van der Waals surface area contributed by atoms with Crippen LogP contribution in [0, 0.1) is 0 Å². The van der Waals surface area contributed by atoms with Crippen molar-refractivity contribution in [1.29, 1.82) is 0 Å². The van der Waals surface area contributed by atoms with E-state index in [2.05, 4.69) is 10.1 Å². The molecule has 96 valence electrons. The highest BCUT2D eigenvalue weighted by Crippen LogP contribution is 2.01. The minimum absolute atomic E-state index is 0.220. The van der Waals surface area contributed by atoms with E-state index in [1.165, 1.54) is 6.08 Å². The lowest BCUT2D eigenvalue weighted by Crippen LogP contribution is -2.36. The standard InChI is InChI=1S/C13H14ClNO3/c1-2-18-13(17)12(14)15-11(16)9-8-10-6-4-3-5-7-10/h3-9,12H,2H2,1H3,(H,15,16)/b9-8+. The second-order valence-corrected chi connectivity index (χ2v) is 3.80. The molecule has 0 aliphatic rings. The Morgan fingerprint density at radius 3 is 2.67 bits per heavy atom. The fourth-order valence-corrected chi connectivity index (χ4v) is 1.35. The lowest BCUT2D eigenvalue weighted by Gasteiger charge is -2.08. The Balaban J connectivity index is 2.47. The van der Waals surface area contributed by atoms with Crippen LogP contribution in [0.15, 0.2) is 36.4 Å². The summed E-state index contributed by atoms with van der Waals surface area (Å²) in [5.74, 6) is -1.12. The number of benzene rings is 1. The molecule has 0 aliphatic carbocycles. The van der Waals surface area contributed by atoms with Crippen molar-refractivity contribution < 1.29 is 14.3 Å². The van der Waals surface area contributed by atoms with Crippen LogP contribution in [0.25, 0.3) is 6.08 Å². The number of carbonyl (C=O) groups is 2. The van der Waals surface area contributed by atoms with Crippen molar-refractivity contribution >= 4 is 29.6 Å². The normalized spacial score (nSPS) is 12.1. The molecule has 1 aromatic rings. The maximum atomic E-state index is 11.4. The highest BCUT2D eigenvalue weighted by Gasteiger charge is 2.17. The van der Waals surface area contributed by atoms with E-state index < -0.39 is 17.4 Å². The topological polar surface area (TPSA) is 55.4 Å². The van der Waals surface area contributed by atoms with Crippen LogP contribution in [0.2, 0.25) is 0 Å². The number of halogens is 1. The van der Waals surface area contributed by atoms with Gasteiger partial charge in [-0.05, 0) is 18.6 Å². The summed E-state index contributed by atoms with van der Waals surface area (Å²) in [4.78, 5) is 22.6. The summed E-state index contributed by atoms with van der Waals surface area (Å²) >= 11 is 5.65. The molecule has 0 bridgehead atoms. The Kier molecular flexibility index (Phi) is 5.94. The number of ether oxygens (including phenoxy) is 1. The van der Waals surface area contributed by atoms with E-state index in [1.807, 2.05) is 30.3 Å². The fourth-order valence-electron chi connectivity index (χ4n) is 1.18. The third-order valence-corrected chi connectivity index (χ3v) is 2.28. The van der Waals surface area contributed by atoms with Gasteiger partial charge in [-0.1, -0.05) is 41.9 Å². The van der Waals surface area contributed by atoms with Gasteiger partial charge in [-0.15, -0.1) is 0 Å². The van der Waals surface area contributed by atoms with Crippen molar-refractivity contribution in [3.05, 3.63) is 42.0 Å². The van der Waals surface area contributed by atoms with E-state index in [0.29, 0.717) is 0 Å². The van der Waals surface area contributed by atoms with Crippen LogP contribution in [-0.4, -0.2) is 24.0 Å². The number of hydrogen-bond donors (Lipinski definition) is 1. The van der Waals surface area contributed by atoms with Crippen molar-refractivity contribution in [2.45, 2.75) is 12.4 Å². The van der Waals surface area contributed by atoms with Crippen molar-refractivity contribution in [1.82, 2.24) is 5.32 Å². The zero-order valence-electron chi connectivity index (χ0n) is 9.93. The van der Waals surface area contributed by atoms with Crippen LogP contribution in [0.3, 0.4) is 0 Å². The van der Waals surface area contributed by atoms with Gasteiger partial charge in [0.2, 0.25) is 11.4 Å². The highest BCUT2D eigenvalue weighted by molar-refractivity contribution is 6.30. The molecule has 0 aromatic heterocycles. The number of carbonyl (C=O) groups excluding carboxylic acids is 2. The molecule has 4 nitrogen and oxygen atoms in total. The highest BCUT2D eigenvalue weighted by atomic mass is 35.5. The van der Waals surface area contributed by atoms with Gasteiger partial charge in [0, 0.05) is 6.08 Å². The van der Waals surface area contributed by atoms with Gasteiger partial charge >= 0.3 is 5.97 Å². The molecule has 1 amide bonds. The molecule has 1 aromatic carbocycles. The van der Waals surface area contributed by atoms with Crippen LogP contribution in [0.5, 0.6) is 0 Å². The Labute approximate surface area is 111 Å². The zero-order chi connectivity index (χ0) is 13.4. The van der Waals surface area contributed by atoms with E-state index in [9.17, 15) is 9.59 Å². The summed E-state index contributed by atoms with van der Waals surface area (Å²) in [6, 6.07) is 9.31. The van der Waals surface area contributed by atoms with Crippen LogP contribution < -0.4 is 5.32 Å². The summed E-state index contributed by atoms with van der Waals surface area (Å²) in [7, 11) is 0. The predicted molar refractivity (Wildman–Crippen MR) is 69.9 cm³/mol. The Bertz CT molecular complexity index is 431. The molecule has 0 radical (unpaired) electrons. The Morgan fingerprint density at radius 1 is 1.39 bits per heavy atom. The summed E-state index contributed by atoms with van der Waals surface area (Å²) in [5, 5.41) is 2.30. The number of hydrogen-bond acceptors (Lipinski definition) is 3. The van der Waals surface area contributed by atoms with E-state index in [1.54, 1.807) is 13.0 Å². The van der Waals surface area contributed by atoms with Gasteiger partial charge in [0.25, 0.3) is 0 Å². The molecule has 18 heavy (non-hydrogen) atoms. The molecular formula is C13H14ClNO3. The van der Waals surface area contributed by atoms with Crippen molar-refractivity contribution in [3.8, 4) is 0 Å². The number of alkyl halides is 1. The third-order valence-electron chi connectivity index (χ3n) is 1.99. The van der Waals surface area contributed by atoms with E-state index in [4.69, 9.17) is 11.6 Å². The fraction of sp³-hybridized carbons (Fsp3) is 0.231. The van der Waals surface area contributed by atoms with Gasteiger partial charge in [-0.25, -0.2) is 4.79 Å². The summed E-state index contributed by atoms with van der Waals surface area (Å²) in [5.41, 5.74) is -0.284. The van der Waals surface area contributed by atoms with Crippen molar-refractivity contribution in [2.75, 3.05) is 6.61 Å². The summed E-state index contributed by atoms with van der Waals surface area (Å²) < 4.78 is 4.66. The minimum atomic E-state index is -1.17. The quantitative estimate of drug-likeness (QED) is 0.384. The molecule has 1 N–H and O–H groups in total. The maximum Gasteiger partial charge on any atom is 0.344 e. The van der Waals surface area contributed by atoms with Gasteiger partial charge in [0.15, 0.2) is 0 Å². The average molecular weight is 268 g/mol. The number of amides is 1. The van der Waals surface area contributed by atoms with Gasteiger partial charge in [0.05, 0.1) is 6.61 Å². The monoisotopic (exact) mass is 267 g/mol. The van der Waals surface area contributed by atoms with Gasteiger partial charge in [-0.3, -0.25) is 4.79 Å². The molecule has 1 atom stereocenters. The number of nitrogens with one attached hydrogen (secondary N) is 1. The predicted octanol–water partition coefficient (Wildman–Crippen LogP) is 1.94. The molecule has 0 heterocycles. The minimum Gasteiger partial charge on any atom is -0.464 e. The third kappa shape index (κ3) is 5.01. The first-order valence-corrected chi connectivity index (χ1v) is 5.91. The maximum absolute atomic E-state index is 11.4. The molecule has 0 saturated heterocycles. The van der Waals surface area contributed by atoms with Crippen molar-refractivity contribution in [2.24, 2.45) is 0 Å². The lowest BCUT2D eigenvalue weighted by atomic mass is 10.2. The largest absolute Gasteiger partial charge is 0.464 e. The average Bonchev–Trinajstić information content (AvgIpc) is 2.38. The number of rotatable bonds is 5. The zero-order valence-corrected chi connectivity index (χ0v) is 10.7. The van der Waals surface area contributed by atoms with Gasteiger partial charge < -0.3 is 10.1 Å². The van der Waals surface area contributed by atoms with Crippen molar-refractivity contribution in [3.63, 3.8) is 0 Å². The Hall–Kier alpha value is -1.81. The molecule has 0 spiro atoms. The van der Waals surface area contributed by atoms with E-state index >= 15 is 0 Å². The van der Waals surface area contributed by atoms with E-state index in [-0.39, 0.29) is 6.61 Å². The van der Waals surface area contributed by atoms with Crippen LogP contribution in [0.4, 0.5) is 0 Å². The first-order valence-electron chi connectivity index (χ1n) is 5.48. The number of esters is 1. The van der Waals surface area contributed by atoms with Gasteiger partial charge in [0.1, 0.15) is 0 Å².